The third-order valence-electron chi connectivity index (χ3n) is 3.55. The van der Waals surface area contributed by atoms with E-state index in [0.717, 1.165) is 6.42 Å². The van der Waals surface area contributed by atoms with E-state index in [4.69, 9.17) is 5.73 Å². The van der Waals surface area contributed by atoms with Gasteiger partial charge in [0.2, 0.25) is 5.91 Å². The van der Waals surface area contributed by atoms with E-state index in [-0.39, 0.29) is 5.91 Å². The molecule has 2 saturated carbocycles. The first-order chi connectivity index (χ1) is 6.28. The molecule has 0 aromatic carbocycles. The van der Waals surface area contributed by atoms with E-state index >= 15 is 0 Å². The van der Waals surface area contributed by atoms with Crippen molar-refractivity contribution in [2.75, 3.05) is 13.1 Å². The highest BCUT2D eigenvalue weighted by Gasteiger charge is 2.58. The number of carbonyl (C=O) groups excluding carboxylic acids is 1. The summed E-state index contributed by atoms with van der Waals surface area (Å²) in [5.74, 6) is 0.564. The van der Waals surface area contributed by atoms with Crippen LogP contribution in [0.25, 0.3) is 0 Å². The van der Waals surface area contributed by atoms with Crippen LogP contribution >= 0.6 is 0 Å². The molecule has 74 valence electrons. The molecule has 0 aromatic rings. The predicted octanol–water partition coefficient (Wildman–Crippen LogP) is 0.642. The summed E-state index contributed by atoms with van der Waals surface area (Å²) in [4.78, 5) is 11.6. The molecule has 0 aliphatic heterocycles. The van der Waals surface area contributed by atoms with Gasteiger partial charge in [-0.1, -0.05) is 12.8 Å². The standard InChI is InChI=1S/C10H18N2O/c11-5-6-12-9(13)8-7-10(8)3-1-2-4-10/h8H,1-7,11H2,(H,12,13). The first kappa shape index (κ1) is 9.00. The van der Waals surface area contributed by atoms with Crippen LogP contribution in [0.3, 0.4) is 0 Å². The molecule has 1 atom stereocenters. The third-order valence-corrected chi connectivity index (χ3v) is 3.55. The maximum atomic E-state index is 11.6. The summed E-state index contributed by atoms with van der Waals surface area (Å²) in [6.07, 6.45) is 6.31. The Morgan fingerprint density at radius 2 is 2.15 bits per heavy atom. The number of carbonyl (C=O) groups is 1. The van der Waals surface area contributed by atoms with Crippen molar-refractivity contribution in [3.8, 4) is 0 Å². The van der Waals surface area contributed by atoms with Crippen LogP contribution in [-0.4, -0.2) is 19.0 Å². The van der Waals surface area contributed by atoms with Crippen molar-refractivity contribution in [2.24, 2.45) is 17.1 Å². The molecule has 3 heteroatoms. The van der Waals surface area contributed by atoms with Crippen molar-refractivity contribution < 1.29 is 4.79 Å². The largest absolute Gasteiger partial charge is 0.355 e. The zero-order valence-electron chi connectivity index (χ0n) is 8.01. The lowest BCUT2D eigenvalue weighted by atomic mass is 10.0. The minimum atomic E-state index is 0.243. The lowest BCUT2D eigenvalue weighted by Crippen LogP contribution is -2.31. The van der Waals surface area contributed by atoms with Crippen LogP contribution in [0.4, 0.5) is 0 Å². The Morgan fingerprint density at radius 1 is 1.46 bits per heavy atom. The molecule has 2 fully saturated rings. The predicted molar refractivity (Wildman–Crippen MR) is 51.1 cm³/mol. The first-order valence-corrected chi connectivity index (χ1v) is 5.26. The molecule has 0 aromatic heterocycles. The fourth-order valence-electron chi connectivity index (χ4n) is 2.67. The molecule has 0 bridgehead atoms. The summed E-state index contributed by atoms with van der Waals surface area (Å²) in [5.41, 5.74) is 5.76. The van der Waals surface area contributed by atoms with Crippen LogP contribution in [0.1, 0.15) is 32.1 Å². The number of rotatable bonds is 3. The van der Waals surface area contributed by atoms with Gasteiger partial charge in [0.1, 0.15) is 0 Å². The summed E-state index contributed by atoms with van der Waals surface area (Å²) in [6, 6.07) is 0. The molecule has 2 rings (SSSR count). The molecular weight excluding hydrogens is 164 g/mol. The van der Waals surface area contributed by atoms with E-state index in [9.17, 15) is 4.79 Å². The van der Waals surface area contributed by atoms with Crippen molar-refractivity contribution in [2.45, 2.75) is 32.1 Å². The lowest BCUT2D eigenvalue weighted by Gasteiger charge is -2.07. The van der Waals surface area contributed by atoms with Gasteiger partial charge in [-0.05, 0) is 24.7 Å². The molecule has 0 radical (unpaired) electrons. The van der Waals surface area contributed by atoms with Gasteiger partial charge >= 0.3 is 0 Å². The Labute approximate surface area is 79.1 Å². The molecule has 3 nitrogen and oxygen atoms in total. The Bertz CT molecular complexity index is 209. The average molecular weight is 182 g/mol. The van der Waals surface area contributed by atoms with Crippen molar-refractivity contribution in [3.05, 3.63) is 0 Å². The van der Waals surface area contributed by atoms with E-state index in [1.54, 1.807) is 0 Å². The summed E-state index contributed by atoms with van der Waals surface area (Å²) >= 11 is 0. The van der Waals surface area contributed by atoms with Crippen LogP contribution in [0, 0.1) is 11.3 Å². The van der Waals surface area contributed by atoms with Crippen LogP contribution in [0.5, 0.6) is 0 Å². The van der Waals surface area contributed by atoms with Crippen LogP contribution in [0.15, 0.2) is 0 Å². The molecular formula is C10H18N2O. The molecule has 1 spiro atoms. The van der Waals surface area contributed by atoms with E-state index in [0.29, 0.717) is 24.4 Å². The van der Waals surface area contributed by atoms with Gasteiger partial charge < -0.3 is 11.1 Å². The Morgan fingerprint density at radius 3 is 2.77 bits per heavy atom. The van der Waals surface area contributed by atoms with Gasteiger partial charge in [0.15, 0.2) is 0 Å². The lowest BCUT2D eigenvalue weighted by molar-refractivity contribution is -0.123. The normalized spacial score (nSPS) is 29.2. The van der Waals surface area contributed by atoms with Gasteiger partial charge in [0, 0.05) is 19.0 Å². The summed E-state index contributed by atoms with van der Waals surface area (Å²) in [7, 11) is 0. The fourth-order valence-corrected chi connectivity index (χ4v) is 2.67. The third kappa shape index (κ3) is 1.57. The number of nitrogens with one attached hydrogen (secondary N) is 1. The number of hydrogen-bond donors (Lipinski definition) is 2. The zero-order valence-corrected chi connectivity index (χ0v) is 8.01. The van der Waals surface area contributed by atoms with Crippen LogP contribution in [0.2, 0.25) is 0 Å². The topological polar surface area (TPSA) is 55.1 Å². The van der Waals surface area contributed by atoms with Crippen molar-refractivity contribution in [1.29, 1.82) is 0 Å². The fraction of sp³-hybridized carbons (Fsp3) is 0.900. The quantitative estimate of drug-likeness (QED) is 0.673. The molecule has 2 aliphatic rings. The Kier molecular flexibility index (Phi) is 2.28. The summed E-state index contributed by atoms with van der Waals surface area (Å²) in [5, 5.41) is 2.88. The van der Waals surface area contributed by atoms with Gasteiger partial charge in [-0.3, -0.25) is 4.79 Å². The maximum absolute atomic E-state index is 11.6. The van der Waals surface area contributed by atoms with E-state index in [1.807, 2.05) is 0 Å². The first-order valence-electron chi connectivity index (χ1n) is 5.26. The van der Waals surface area contributed by atoms with Gasteiger partial charge in [0.25, 0.3) is 0 Å². The SMILES string of the molecule is NCCNC(=O)C1CC12CCCC2. The second-order valence-electron chi connectivity index (χ2n) is 4.41. The van der Waals surface area contributed by atoms with Gasteiger partial charge in [-0.15, -0.1) is 0 Å². The minimum absolute atomic E-state index is 0.243. The zero-order chi connectivity index (χ0) is 9.31. The smallest absolute Gasteiger partial charge is 0.223 e. The minimum Gasteiger partial charge on any atom is -0.355 e. The molecule has 13 heavy (non-hydrogen) atoms. The second kappa shape index (κ2) is 3.29. The molecule has 0 saturated heterocycles. The number of amides is 1. The van der Waals surface area contributed by atoms with Crippen molar-refractivity contribution in [1.82, 2.24) is 5.32 Å². The Hall–Kier alpha value is -0.570. The van der Waals surface area contributed by atoms with Gasteiger partial charge in [0.05, 0.1) is 0 Å². The van der Waals surface area contributed by atoms with E-state index in [1.165, 1.54) is 25.7 Å². The highest BCUT2D eigenvalue weighted by Crippen LogP contribution is 2.62. The van der Waals surface area contributed by atoms with Gasteiger partial charge in [-0.2, -0.15) is 0 Å². The number of hydrogen-bond acceptors (Lipinski definition) is 2. The number of nitrogens with two attached hydrogens (primary N) is 1. The highest BCUT2D eigenvalue weighted by atomic mass is 16.2. The summed E-state index contributed by atoms with van der Waals surface area (Å²) < 4.78 is 0. The molecule has 1 unspecified atom stereocenters. The Balaban J connectivity index is 1.81. The summed E-state index contributed by atoms with van der Waals surface area (Å²) in [6.45, 7) is 1.18. The second-order valence-corrected chi connectivity index (χ2v) is 4.41. The van der Waals surface area contributed by atoms with E-state index in [2.05, 4.69) is 5.32 Å². The van der Waals surface area contributed by atoms with Crippen molar-refractivity contribution in [3.63, 3.8) is 0 Å². The molecule has 2 aliphatic carbocycles. The van der Waals surface area contributed by atoms with Crippen molar-refractivity contribution >= 4 is 5.91 Å². The average Bonchev–Trinajstić information content (AvgIpc) is 2.61. The van der Waals surface area contributed by atoms with Crippen LogP contribution in [-0.2, 0) is 4.79 Å². The molecule has 1 amide bonds. The monoisotopic (exact) mass is 182 g/mol. The van der Waals surface area contributed by atoms with Gasteiger partial charge in [-0.25, -0.2) is 0 Å². The maximum Gasteiger partial charge on any atom is 0.223 e. The van der Waals surface area contributed by atoms with Crippen LogP contribution < -0.4 is 11.1 Å². The molecule has 0 heterocycles. The van der Waals surface area contributed by atoms with E-state index < -0.39 is 0 Å². The molecule has 3 N–H and O–H groups in total. The highest BCUT2D eigenvalue weighted by molar-refractivity contribution is 5.82.